The number of esters is 1. The van der Waals surface area contributed by atoms with Crippen LogP contribution in [-0.2, 0) is 10.2 Å². The van der Waals surface area contributed by atoms with Gasteiger partial charge in [-0.25, -0.2) is 14.8 Å². The van der Waals surface area contributed by atoms with Crippen molar-refractivity contribution in [2.45, 2.75) is 33.1 Å². The summed E-state index contributed by atoms with van der Waals surface area (Å²) in [7, 11) is 0. The van der Waals surface area contributed by atoms with E-state index in [4.69, 9.17) is 4.74 Å². The number of carbonyl (C=O) groups excluding carboxylic acids is 1. The second-order valence-electron chi connectivity index (χ2n) is 5.82. The Bertz CT molecular complexity index is 750. The fourth-order valence-electron chi connectivity index (χ4n) is 1.92. The van der Waals surface area contributed by atoms with E-state index < -0.39 is 10.9 Å². The van der Waals surface area contributed by atoms with Crippen LogP contribution in [-0.4, -0.2) is 27.5 Å². The van der Waals surface area contributed by atoms with E-state index in [1.807, 2.05) is 20.8 Å². The Balaban J connectivity index is 2.76. The quantitative estimate of drug-likeness (QED) is 0.491. The van der Waals surface area contributed by atoms with Gasteiger partial charge in [-0.3, -0.25) is 10.1 Å². The smallest absolute Gasteiger partial charge is 0.357 e. The van der Waals surface area contributed by atoms with Gasteiger partial charge in [0.1, 0.15) is 5.82 Å². The number of hydrogen-bond acceptors (Lipinski definition) is 6. The summed E-state index contributed by atoms with van der Waals surface area (Å²) in [5.41, 5.74) is 0.0521. The lowest BCUT2D eigenvalue weighted by Gasteiger charge is -2.18. The Morgan fingerprint density at radius 2 is 2.00 bits per heavy atom. The molecule has 2 aromatic rings. The van der Waals surface area contributed by atoms with E-state index in [-0.39, 0.29) is 23.4 Å². The molecular formula is C15H17N3O4. The number of benzene rings is 1. The van der Waals surface area contributed by atoms with Crippen molar-refractivity contribution in [3.63, 3.8) is 0 Å². The predicted molar refractivity (Wildman–Crippen MR) is 80.8 cm³/mol. The molecule has 0 amide bonds. The highest BCUT2D eigenvalue weighted by atomic mass is 16.6. The van der Waals surface area contributed by atoms with Crippen LogP contribution in [0.2, 0.25) is 0 Å². The number of aromatic nitrogens is 2. The molecule has 116 valence electrons. The molecule has 0 aliphatic heterocycles. The van der Waals surface area contributed by atoms with Gasteiger partial charge in [0, 0.05) is 22.9 Å². The van der Waals surface area contributed by atoms with E-state index in [1.165, 1.54) is 18.2 Å². The van der Waals surface area contributed by atoms with Gasteiger partial charge in [-0.15, -0.1) is 0 Å². The van der Waals surface area contributed by atoms with Crippen LogP contribution >= 0.6 is 0 Å². The Kier molecular flexibility index (Phi) is 4.07. The molecule has 22 heavy (non-hydrogen) atoms. The van der Waals surface area contributed by atoms with Crippen molar-refractivity contribution >= 4 is 22.6 Å². The molecule has 2 rings (SSSR count). The maximum atomic E-state index is 12.1. The van der Waals surface area contributed by atoms with Crippen molar-refractivity contribution in [2.75, 3.05) is 6.61 Å². The van der Waals surface area contributed by atoms with E-state index in [9.17, 15) is 14.9 Å². The number of carbonyl (C=O) groups is 1. The average molecular weight is 303 g/mol. The standard InChI is InChI=1S/C15H17N3O4/c1-5-22-13(19)12-10-8-9(18(20)21)6-7-11(10)16-14(17-12)15(2,3)4/h6-8H,5H2,1-4H3. The van der Waals surface area contributed by atoms with E-state index in [2.05, 4.69) is 9.97 Å². The zero-order chi connectivity index (χ0) is 16.5. The number of non-ortho nitro benzene ring substituents is 1. The van der Waals surface area contributed by atoms with Gasteiger partial charge in [0.15, 0.2) is 5.69 Å². The molecule has 0 aliphatic carbocycles. The number of fused-ring (bicyclic) bond motifs is 1. The van der Waals surface area contributed by atoms with Crippen molar-refractivity contribution in [2.24, 2.45) is 0 Å². The van der Waals surface area contributed by atoms with Crippen molar-refractivity contribution in [3.8, 4) is 0 Å². The second kappa shape index (κ2) is 5.67. The van der Waals surface area contributed by atoms with Crippen LogP contribution < -0.4 is 0 Å². The molecule has 0 saturated carbocycles. The maximum Gasteiger partial charge on any atom is 0.357 e. The van der Waals surface area contributed by atoms with Gasteiger partial charge in [0.25, 0.3) is 5.69 Å². The zero-order valence-corrected chi connectivity index (χ0v) is 12.9. The minimum absolute atomic E-state index is 0.0560. The summed E-state index contributed by atoms with van der Waals surface area (Å²) >= 11 is 0. The Hall–Kier alpha value is -2.57. The summed E-state index contributed by atoms with van der Waals surface area (Å²) in [6.07, 6.45) is 0. The Morgan fingerprint density at radius 3 is 2.55 bits per heavy atom. The first-order valence-electron chi connectivity index (χ1n) is 6.88. The highest BCUT2D eigenvalue weighted by Crippen LogP contribution is 2.26. The number of hydrogen-bond donors (Lipinski definition) is 0. The molecule has 0 saturated heterocycles. The first kappa shape index (κ1) is 15.8. The minimum atomic E-state index is -0.610. The third-order valence-corrected chi connectivity index (χ3v) is 3.03. The van der Waals surface area contributed by atoms with Crippen molar-refractivity contribution < 1.29 is 14.5 Å². The lowest BCUT2D eigenvalue weighted by atomic mass is 9.95. The molecule has 0 spiro atoms. The molecule has 1 heterocycles. The van der Waals surface area contributed by atoms with Crippen LogP contribution in [0.1, 0.15) is 44.0 Å². The normalized spacial score (nSPS) is 11.5. The Morgan fingerprint density at radius 1 is 1.32 bits per heavy atom. The van der Waals surface area contributed by atoms with Crippen LogP contribution in [0.25, 0.3) is 10.9 Å². The van der Waals surface area contributed by atoms with Crippen LogP contribution in [0.3, 0.4) is 0 Å². The molecule has 7 nitrogen and oxygen atoms in total. The molecule has 0 aliphatic rings. The fourth-order valence-corrected chi connectivity index (χ4v) is 1.92. The average Bonchev–Trinajstić information content (AvgIpc) is 2.44. The van der Waals surface area contributed by atoms with Crippen LogP contribution in [0.4, 0.5) is 5.69 Å². The first-order valence-corrected chi connectivity index (χ1v) is 6.88. The van der Waals surface area contributed by atoms with E-state index in [1.54, 1.807) is 6.92 Å². The SMILES string of the molecule is CCOC(=O)c1nc(C(C)(C)C)nc2ccc([N+](=O)[O-])cc12. The highest BCUT2D eigenvalue weighted by molar-refractivity contribution is 6.02. The van der Waals surface area contributed by atoms with E-state index in [0.29, 0.717) is 16.7 Å². The zero-order valence-electron chi connectivity index (χ0n) is 12.9. The number of rotatable bonds is 3. The topological polar surface area (TPSA) is 95.2 Å². The van der Waals surface area contributed by atoms with Gasteiger partial charge in [-0.1, -0.05) is 20.8 Å². The molecule has 0 bridgehead atoms. The lowest BCUT2D eigenvalue weighted by molar-refractivity contribution is -0.384. The van der Waals surface area contributed by atoms with Crippen molar-refractivity contribution in [1.29, 1.82) is 0 Å². The molecule has 0 atom stereocenters. The van der Waals surface area contributed by atoms with Crippen LogP contribution in [0.5, 0.6) is 0 Å². The predicted octanol–water partition coefficient (Wildman–Crippen LogP) is 3.01. The maximum absolute atomic E-state index is 12.1. The highest BCUT2D eigenvalue weighted by Gasteiger charge is 2.24. The fraction of sp³-hybridized carbons (Fsp3) is 0.400. The second-order valence-corrected chi connectivity index (χ2v) is 5.82. The molecule has 0 unspecified atom stereocenters. The van der Waals surface area contributed by atoms with Gasteiger partial charge in [-0.05, 0) is 13.0 Å². The van der Waals surface area contributed by atoms with Crippen molar-refractivity contribution in [3.05, 3.63) is 39.8 Å². The van der Waals surface area contributed by atoms with Crippen LogP contribution in [0, 0.1) is 10.1 Å². The van der Waals surface area contributed by atoms with Gasteiger partial charge >= 0.3 is 5.97 Å². The summed E-state index contributed by atoms with van der Waals surface area (Å²) in [6.45, 7) is 7.66. The molecular weight excluding hydrogens is 286 g/mol. The summed E-state index contributed by atoms with van der Waals surface area (Å²) in [4.78, 5) is 31.2. The summed E-state index contributed by atoms with van der Waals surface area (Å²) in [5, 5.41) is 11.2. The molecule has 0 radical (unpaired) electrons. The third-order valence-electron chi connectivity index (χ3n) is 3.03. The molecule has 0 N–H and O–H groups in total. The summed E-state index contributed by atoms with van der Waals surface area (Å²) in [6, 6.07) is 4.18. The number of nitro benzene ring substituents is 1. The molecule has 0 fully saturated rings. The van der Waals surface area contributed by atoms with Gasteiger partial charge in [0.05, 0.1) is 17.0 Å². The van der Waals surface area contributed by atoms with Gasteiger partial charge in [-0.2, -0.15) is 0 Å². The number of ether oxygens (including phenoxy) is 1. The molecule has 1 aromatic carbocycles. The lowest BCUT2D eigenvalue weighted by Crippen LogP contribution is -2.19. The van der Waals surface area contributed by atoms with E-state index >= 15 is 0 Å². The van der Waals surface area contributed by atoms with Crippen LogP contribution in [0.15, 0.2) is 18.2 Å². The summed E-state index contributed by atoms with van der Waals surface area (Å²) in [5.74, 6) is -0.127. The monoisotopic (exact) mass is 303 g/mol. The molecule has 7 heteroatoms. The summed E-state index contributed by atoms with van der Waals surface area (Å²) < 4.78 is 5.00. The number of nitro groups is 1. The van der Waals surface area contributed by atoms with Gasteiger partial charge < -0.3 is 4.74 Å². The Labute approximate surface area is 127 Å². The van der Waals surface area contributed by atoms with Crippen molar-refractivity contribution in [1.82, 2.24) is 9.97 Å². The minimum Gasteiger partial charge on any atom is -0.461 e. The largest absolute Gasteiger partial charge is 0.461 e. The van der Waals surface area contributed by atoms with Gasteiger partial charge in [0.2, 0.25) is 0 Å². The first-order chi connectivity index (χ1) is 10.2. The molecule has 1 aromatic heterocycles. The van der Waals surface area contributed by atoms with E-state index in [0.717, 1.165) is 0 Å². The third kappa shape index (κ3) is 3.03. The number of nitrogens with zero attached hydrogens (tertiary/aromatic N) is 3.